The molecular weight excluding hydrogens is 316 g/mol. The van der Waals surface area contributed by atoms with Crippen LogP contribution in [0.1, 0.15) is 30.0 Å². The number of carbonyl (C=O) groups excluding carboxylic acids is 1. The number of hydrogen-bond acceptors (Lipinski definition) is 4. The van der Waals surface area contributed by atoms with E-state index >= 15 is 0 Å². The summed E-state index contributed by atoms with van der Waals surface area (Å²) in [6.07, 6.45) is 4.24. The van der Waals surface area contributed by atoms with Crippen molar-refractivity contribution >= 4 is 11.8 Å². The molecule has 1 saturated heterocycles. The van der Waals surface area contributed by atoms with Crippen molar-refractivity contribution in [1.29, 1.82) is 0 Å². The fourth-order valence-corrected chi connectivity index (χ4v) is 2.97. The number of rotatable bonds is 6. The van der Waals surface area contributed by atoms with E-state index in [1.165, 1.54) is 12.8 Å². The van der Waals surface area contributed by atoms with E-state index in [2.05, 4.69) is 20.5 Å². The molecule has 2 amide bonds. The summed E-state index contributed by atoms with van der Waals surface area (Å²) >= 11 is 0. The highest BCUT2D eigenvalue weighted by molar-refractivity contribution is 5.74. The highest BCUT2D eigenvalue weighted by atomic mass is 16.3. The highest BCUT2D eigenvalue weighted by Crippen LogP contribution is 2.17. The summed E-state index contributed by atoms with van der Waals surface area (Å²) in [7, 11) is 0. The molecule has 1 fully saturated rings. The predicted octanol–water partition coefficient (Wildman–Crippen LogP) is 2.21. The summed E-state index contributed by atoms with van der Waals surface area (Å²) in [5.41, 5.74) is 1.81. The molecular formula is C19H24N4O2. The molecule has 0 saturated carbocycles. The Labute approximate surface area is 147 Å². The lowest BCUT2D eigenvalue weighted by atomic mass is 10.1. The van der Waals surface area contributed by atoms with Gasteiger partial charge < -0.3 is 20.6 Å². The number of urea groups is 1. The number of hydrogen-bond donors (Lipinski definition) is 3. The van der Waals surface area contributed by atoms with Crippen LogP contribution in [-0.4, -0.2) is 35.8 Å². The van der Waals surface area contributed by atoms with Crippen LogP contribution in [-0.2, 0) is 6.54 Å². The van der Waals surface area contributed by atoms with E-state index in [-0.39, 0.29) is 12.6 Å². The Kier molecular flexibility index (Phi) is 5.85. The Hall–Kier alpha value is -2.60. The maximum atomic E-state index is 12.1. The lowest BCUT2D eigenvalue weighted by molar-refractivity contribution is 0.216. The van der Waals surface area contributed by atoms with Gasteiger partial charge in [-0.05, 0) is 30.0 Å². The van der Waals surface area contributed by atoms with Crippen molar-refractivity contribution in [1.82, 2.24) is 15.6 Å². The first-order chi connectivity index (χ1) is 12.3. The summed E-state index contributed by atoms with van der Waals surface area (Å²) in [5.74, 6) is 0.995. The number of nitrogens with one attached hydrogen (secondary N) is 2. The normalized spacial score (nSPS) is 15.0. The van der Waals surface area contributed by atoms with Crippen molar-refractivity contribution in [3.8, 4) is 0 Å². The van der Waals surface area contributed by atoms with E-state index in [9.17, 15) is 9.90 Å². The topological polar surface area (TPSA) is 77.5 Å². The van der Waals surface area contributed by atoms with Gasteiger partial charge in [0.05, 0.1) is 12.6 Å². The maximum absolute atomic E-state index is 12.1. The molecule has 1 aromatic carbocycles. The van der Waals surface area contributed by atoms with Crippen molar-refractivity contribution in [2.24, 2.45) is 0 Å². The minimum atomic E-state index is -0.420. The van der Waals surface area contributed by atoms with Crippen molar-refractivity contribution in [2.45, 2.75) is 25.4 Å². The van der Waals surface area contributed by atoms with Gasteiger partial charge in [0, 0.05) is 25.8 Å². The third-order valence-corrected chi connectivity index (χ3v) is 4.38. The number of benzene rings is 1. The minimum absolute atomic E-state index is 0.149. The second-order valence-corrected chi connectivity index (χ2v) is 6.19. The maximum Gasteiger partial charge on any atom is 0.315 e. The minimum Gasteiger partial charge on any atom is -0.394 e. The van der Waals surface area contributed by atoms with Gasteiger partial charge in [-0.1, -0.05) is 36.4 Å². The van der Waals surface area contributed by atoms with Crippen molar-refractivity contribution in [2.75, 3.05) is 24.6 Å². The third-order valence-electron chi connectivity index (χ3n) is 4.38. The number of aromatic nitrogens is 1. The van der Waals surface area contributed by atoms with Crippen LogP contribution in [0.2, 0.25) is 0 Å². The molecule has 1 aliphatic heterocycles. The molecule has 6 nitrogen and oxygen atoms in total. The van der Waals surface area contributed by atoms with Gasteiger partial charge in [0.2, 0.25) is 0 Å². The Morgan fingerprint density at radius 3 is 2.56 bits per heavy atom. The van der Waals surface area contributed by atoms with Crippen LogP contribution >= 0.6 is 0 Å². The molecule has 1 aromatic heterocycles. The summed E-state index contributed by atoms with van der Waals surface area (Å²) in [5, 5.41) is 15.1. The number of aliphatic hydroxyl groups is 1. The molecule has 0 radical (unpaired) electrons. The van der Waals surface area contributed by atoms with Crippen molar-refractivity contribution in [3.63, 3.8) is 0 Å². The lowest BCUT2D eigenvalue weighted by Gasteiger charge is -2.18. The quantitative estimate of drug-likeness (QED) is 0.753. The van der Waals surface area contributed by atoms with Crippen LogP contribution in [0.4, 0.5) is 10.6 Å². The molecule has 3 rings (SSSR count). The fourth-order valence-electron chi connectivity index (χ4n) is 2.97. The van der Waals surface area contributed by atoms with Crippen LogP contribution in [0, 0.1) is 0 Å². The summed E-state index contributed by atoms with van der Waals surface area (Å²) in [6, 6.07) is 12.7. The van der Waals surface area contributed by atoms with E-state index in [0.29, 0.717) is 6.54 Å². The van der Waals surface area contributed by atoms with E-state index in [0.717, 1.165) is 30.0 Å². The van der Waals surface area contributed by atoms with Crippen LogP contribution in [0.25, 0.3) is 0 Å². The van der Waals surface area contributed by atoms with Gasteiger partial charge in [-0.15, -0.1) is 0 Å². The monoisotopic (exact) mass is 340 g/mol. The molecule has 25 heavy (non-hydrogen) atoms. The number of aliphatic hydroxyl groups excluding tert-OH is 1. The molecule has 2 aromatic rings. The summed E-state index contributed by atoms with van der Waals surface area (Å²) in [4.78, 5) is 18.8. The summed E-state index contributed by atoms with van der Waals surface area (Å²) < 4.78 is 0. The van der Waals surface area contributed by atoms with Crippen LogP contribution in [0.15, 0.2) is 48.7 Å². The zero-order chi connectivity index (χ0) is 17.5. The molecule has 3 N–H and O–H groups in total. The van der Waals surface area contributed by atoms with Gasteiger partial charge in [0.1, 0.15) is 5.82 Å². The first-order valence-electron chi connectivity index (χ1n) is 8.66. The number of anilines is 1. The Morgan fingerprint density at radius 1 is 1.16 bits per heavy atom. The second kappa shape index (κ2) is 8.48. The summed E-state index contributed by atoms with van der Waals surface area (Å²) in [6.45, 7) is 2.37. The predicted molar refractivity (Wildman–Crippen MR) is 97.3 cm³/mol. The largest absolute Gasteiger partial charge is 0.394 e. The number of amides is 2. The molecule has 1 unspecified atom stereocenters. The average Bonchev–Trinajstić information content (AvgIpc) is 3.20. The van der Waals surface area contributed by atoms with Crippen molar-refractivity contribution in [3.05, 3.63) is 59.8 Å². The first kappa shape index (κ1) is 17.2. The number of pyridine rings is 1. The number of carbonyl (C=O) groups is 1. The SMILES string of the molecule is O=C(NCc1ccc(N2CCCC2)nc1)NC(CO)c1ccccc1. The van der Waals surface area contributed by atoms with E-state index in [1.54, 1.807) is 6.20 Å². The lowest BCUT2D eigenvalue weighted by Crippen LogP contribution is -2.38. The average molecular weight is 340 g/mol. The molecule has 6 heteroatoms. The molecule has 0 spiro atoms. The standard InChI is InChI=1S/C19H24N4O2/c24-14-17(16-6-2-1-3-7-16)22-19(25)21-13-15-8-9-18(20-12-15)23-10-4-5-11-23/h1-3,6-9,12,17,24H,4-5,10-11,13-14H2,(H2,21,22,25). The van der Waals surface area contributed by atoms with Gasteiger partial charge in [0.15, 0.2) is 0 Å². The first-order valence-corrected chi connectivity index (χ1v) is 8.66. The smallest absolute Gasteiger partial charge is 0.315 e. The molecule has 0 bridgehead atoms. The number of nitrogens with zero attached hydrogens (tertiary/aromatic N) is 2. The zero-order valence-corrected chi connectivity index (χ0v) is 14.2. The van der Waals surface area contributed by atoms with Gasteiger partial charge in [-0.25, -0.2) is 9.78 Å². The van der Waals surface area contributed by atoms with Crippen molar-refractivity contribution < 1.29 is 9.90 Å². The Balaban J connectivity index is 1.49. The molecule has 0 aliphatic carbocycles. The Bertz CT molecular complexity index is 670. The van der Waals surface area contributed by atoms with E-state index < -0.39 is 6.04 Å². The molecule has 1 atom stereocenters. The second-order valence-electron chi connectivity index (χ2n) is 6.19. The van der Waals surface area contributed by atoms with Gasteiger partial charge in [-0.2, -0.15) is 0 Å². The zero-order valence-electron chi connectivity index (χ0n) is 14.2. The van der Waals surface area contributed by atoms with E-state index in [1.807, 2.05) is 42.5 Å². The van der Waals surface area contributed by atoms with Gasteiger partial charge in [0.25, 0.3) is 0 Å². The Morgan fingerprint density at radius 2 is 1.92 bits per heavy atom. The van der Waals surface area contributed by atoms with Gasteiger partial charge >= 0.3 is 6.03 Å². The van der Waals surface area contributed by atoms with Crippen LogP contribution in [0.3, 0.4) is 0 Å². The highest BCUT2D eigenvalue weighted by Gasteiger charge is 2.14. The molecule has 1 aliphatic rings. The molecule has 132 valence electrons. The van der Waals surface area contributed by atoms with E-state index in [4.69, 9.17) is 0 Å². The van der Waals surface area contributed by atoms with Crippen LogP contribution in [0.5, 0.6) is 0 Å². The van der Waals surface area contributed by atoms with Gasteiger partial charge in [-0.3, -0.25) is 0 Å². The van der Waals surface area contributed by atoms with Crippen LogP contribution < -0.4 is 15.5 Å². The fraction of sp³-hybridized carbons (Fsp3) is 0.368. The third kappa shape index (κ3) is 4.70. The molecule has 2 heterocycles.